The number of carbonyl (C=O) groups is 2. The average molecular weight is 242 g/mol. The molecule has 0 aliphatic heterocycles. The van der Waals surface area contributed by atoms with E-state index in [1.807, 2.05) is 0 Å². The Bertz CT molecular complexity index is 213. The van der Waals surface area contributed by atoms with E-state index in [1.54, 1.807) is 0 Å². The molecule has 96 valence electrons. The average Bonchev–Trinajstić information content (AvgIpc) is 2.15. The van der Waals surface area contributed by atoms with E-state index < -0.39 is 30.1 Å². The van der Waals surface area contributed by atoms with Crippen molar-refractivity contribution in [2.24, 2.45) is 0 Å². The molecule has 0 spiro atoms. The fourth-order valence-electron chi connectivity index (χ4n) is 0.270. The number of rotatable bonds is 4. The van der Waals surface area contributed by atoms with Crippen molar-refractivity contribution in [2.45, 2.75) is 31.5 Å². The quantitative estimate of drug-likeness (QED) is 0.252. The molecule has 7 N–H and O–H groups in total. The first-order valence-electron chi connectivity index (χ1n) is 4.01. The van der Waals surface area contributed by atoms with Crippen molar-refractivity contribution in [3.63, 3.8) is 0 Å². The highest BCUT2D eigenvalue weighted by molar-refractivity contribution is 5.83. The zero-order valence-electron chi connectivity index (χ0n) is 8.31. The fourth-order valence-corrected chi connectivity index (χ4v) is 0.270. The second-order valence-electron chi connectivity index (χ2n) is 2.69. The van der Waals surface area contributed by atoms with E-state index in [-0.39, 0.29) is 6.42 Å². The second kappa shape index (κ2) is 7.09. The smallest absolute Gasteiger partial charge is 0.335 e. The van der Waals surface area contributed by atoms with Crippen LogP contribution in [-0.4, -0.2) is 65.9 Å². The highest BCUT2D eigenvalue weighted by Gasteiger charge is 2.29. The lowest BCUT2D eigenvalue weighted by molar-refractivity contribution is -0.312. The molecule has 0 aliphatic carbocycles. The third-order valence-corrected chi connectivity index (χ3v) is 1.28. The van der Waals surface area contributed by atoms with Crippen LogP contribution in [0.25, 0.3) is 0 Å². The standard InChI is InChI=1S/C4H6O6.C3H8O3/c5-1(3(7)8)2(6)4(9)10;1-2-3(4,5)6/h1-2,5-6H,(H,7,8)(H,9,10);4-6H,2H2,1H3. The van der Waals surface area contributed by atoms with Crippen molar-refractivity contribution in [1.82, 2.24) is 0 Å². The molecule has 16 heavy (non-hydrogen) atoms. The van der Waals surface area contributed by atoms with Gasteiger partial charge < -0.3 is 35.7 Å². The molecule has 0 saturated heterocycles. The lowest BCUT2D eigenvalue weighted by Crippen LogP contribution is -2.39. The van der Waals surface area contributed by atoms with E-state index in [1.165, 1.54) is 6.92 Å². The first-order chi connectivity index (χ1) is 7.02. The van der Waals surface area contributed by atoms with Gasteiger partial charge in [-0.2, -0.15) is 0 Å². The van der Waals surface area contributed by atoms with Gasteiger partial charge >= 0.3 is 11.9 Å². The van der Waals surface area contributed by atoms with Gasteiger partial charge in [0.2, 0.25) is 0 Å². The Labute approximate surface area is 89.8 Å². The molecule has 0 aliphatic rings. The van der Waals surface area contributed by atoms with Gasteiger partial charge in [0.1, 0.15) is 0 Å². The van der Waals surface area contributed by atoms with E-state index in [2.05, 4.69) is 0 Å². The fraction of sp³-hybridized carbons (Fsp3) is 0.714. The minimum atomic E-state index is -2.46. The molecule has 0 fully saturated rings. The number of aliphatic hydroxyl groups is 5. The molecule has 0 rings (SSSR count). The third kappa shape index (κ3) is 9.30. The maximum absolute atomic E-state index is 9.77. The van der Waals surface area contributed by atoms with E-state index in [4.69, 9.17) is 35.7 Å². The molecular weight excluding hydrogens is 228 g/mol. The summed E-state index contributed by atoms with van der Waals surface area (Å²) in [5.41, 5.74) is 0. The zero-order chi connectivity index (χ0) is 13.5. The number of carboxylic acids is 2. The second-order valence-corrected chi connectivity index (χ2v) is 2.69. The van der Waals surface area contributed by atoms with E-state index >= 15 is 0 Å². The molecule has 0 aromatic heterocycles. The Hall–Kier alpha value is -1.26. The number of carboxylic acid groups (broad SMARTS) is 2. The van der Waals surface area contributed by atoms with Crippen LogP contribution in [0.15, 0.2) is 0 Å². The molecule has 2 unspecified atom stereocenters. The topological polar surface area (TPSA) is 176 Å². The molecule has 0 aromatic rings. The Balaban J connectivity index is 0. The summed E-state index contributed by atoms with van der Waals surface area (Å²) in [6, 6.07) is 0. The predicted molar refractivity (Wildman–Crippen MR) is 47.0 cm³/mol. The SMILES string of the molecule is CCC(O)(O)O.O=C(O)C(O)C(O)C(=O)O. The maximum atomic E-state index is 9.77. The van der Waals surface area contributed by atoms with Gasteiger partial charge in [-0.05, 0) is 0 Å². The van der Waals surface area contributed by atoms with Crippen LogP contribution in [0, 0.1) is 0 Å². The van der Waals surface area contributed by atoms with Crippen LogP contribution in [0.3, 0.4) is 0 Å². The Morgan fingerprint density at radius 2 is 1.19 bits per heavy atom. The molecule has 9 nitrogen and oxygen atoms in total. The van der Waals surface area contributed by atoms with Gasteiger partial charge in [0.25, 0.3) is 5.97 Å². The van der Waals surface area contributed by atoms with Crippen LogP contribution in [0.4, 0.5) is 0 Å². The van der Waals surface area contributed by atoms with E-state index in [9.17, 15) is 9.59 Å². The molecule has 9 heteroatoms. The Morgan fingerprint density at radius 1 is 1.00 bits per heavy atom. The van der Waals surface area contributed by atoms with Crippen molar-refractivity contribution in [3.05, 3.63) is 0 Å². The van der Waals surface area contributed by atoms with Crippen LogP contribution < -0.4 is 0 Å². The molecule has 0 aromatic carbocycles. The molecule has 0 amide bonds. The normalized spacial score (nSPS) is 14.4. The predicted octanol–water partition coefficient (Wildman–Crippen LogP) is -3.10. The summed E-state index contributed by atoms with van der Waals surface area (Å²) in [6.07, 6.45) is -4.59. The van der Waals surface area contributed by atoms with Crippen molar-refractivity contribution < 1.29 is 45.3 Å². The summed E-state index contributed by atoms with van der Waals surface area (Å²) in [6.45, 7) is 1.46. The molecule has 0 heterocycles. The monoisotopic (exact) mass is 242 g/mol. The Kier molecular flexibility index (Phi) is 7.59. The molecule has 0 bridgehead atoms. The largest absolute Gasteiger partial charge is 0.479 e. The van der Waals surface area contributed by atoms with Gasteiger partial charge in [-0.3, -0.25) is 0 Å². The van der Waals surface area contributed by atoms with Gasteiger partial charge in [-0.1, -0.05) is 6.92 Å². The summed E-state index contributed by atoms with van der Waals surface area (Å²) in [5, 5.41) is 56.3. The summed E-state index contributed by atoms with van der Waals surface area (Å²) in [7, 11) is 0. The molecular formula is C7H14O9. The van der Waals surface area contributed by atoms with Crippen molar-refractivity contribution in [3.8, 4) is 0 Å². The van der Waals surface area contributed by atoms with Crippen LogP contribution in [0.5, 0.6) is 0 Å². The molecule has 2 atom stereocenters. The van der Waals surface area contributed by atoms with Crippen molar-refractivity contribution >= 4 is 11.9 Å². The lowest BCUT2D eigenvalue weighted by atomic mass is 10.2. The number of aliphatic carboxylic acids is 2. The first kappa shape index (κ1) is 17.1. The van der Waals surface area contributed by atoms with Crippen molar-refractivity contribution in [1.29, 1.82) is 0 Å². The summed E-state index contributed by atoms with van der Waals surface area (Å²) in [5.74, 6) is -6.00. The minimum Gasteiger partial charge on any atom is -0.479 e. The van der Waals surface area contributed by atoms with E-state index in [0.717, 1.165) is 0 Å². The summed E-state index contributed by atoms with van der Waals surface area (Å²) >= 11 is 0. The van der Waals surface area contributed by atoms with E-state index in [0.29, 0.717) is 0 Å². The summed E-state index contributed by atoms with van der Waals surface area (Å²) in [4.78, 5) is 19.5. The maximum Gasteiger partial charge on any atom is 0.335 e. The van der Waals surface area contributed by atoms with Crippen LogP contribution in [0.1, 0.15) is 13.3 Å². The highest BCUT2D eigenvalue weighted by atomic mass is 16.7. The minimum absolute atomic E-state index is 0.0625. The van der Waals surface area contributed by atoms with Gasteiger partial charge in [-0.25, -0.2) is 9.59 Å². The van der Waals surface area contributed by atoms with Crippen LogP contribution >= 0.6 is 0 Å². The van der Waals surface area contributed by atoms with Crippen LogP contribution in [0.2, 0.25) is 0 Å². The number of aliphatic hydroxyl groups excluding tert-OH is 2. The summed E-state index contributed by atoms with van der Waals surface area (Å²) < 4.78 is 0. The van der Waals surface area contributed by atoms with Crippen LogP contribution in [-0.2, 0) is 9.59 Å². The molecule has 0 radical (unpaired) electrons. The van der Waals surface area contributed by atoms with Crippen molar-refractivity contribution in [2.75, 3.05) is 0 Å². The van der Waals surface area contributed by atoms with Gasteiger partial charge in [0, 0.05) is 6.42 Å². The lowest BCUT2D eigenvalue weighted by Gasteiger charge is -2.08. The number of hydrogen-bond donors (Lipinski definition) is 7. The van der Waals surface area contributed by atoms with Gasteiger partial charge in [0.05, 0.1) is 0 Å². The molecule has 0 saturated carbocycles. The third-order valence-electron chi connectivity index (χ3n) is 1.28. The van der Waals surface area contributed by atoms with Gasteiger partial charge in [-0.15, -0.1) is 0 Å². The Morgan fingerprint density at radius 3 is 1.25 bits per heavy atom. The highest BCUT2D eigenvalue weighted by Crippen LogP contribution is 1.95. The van der Waals surface area contributed by atoms with Gasteiger partial charge in [0.15, 0.2) is 12.2 Å². The zero-order valence-corrected chi connectivity index (χ0v) is 8.31. The number of hydrogen-bond acceptors (Lipinski definition) is 7. The first-order valence-corrected chi connectivity index (χ1v) is 4.01.